The van der Waals surface area contributed by atoms with E-state index in [2.05, 4.69) is 5.32 Å². The van der Waals surface area contributed by atoms with Crippen LogP contribution in [-0.4, -0.2) is 12.5 Å². The summed E-state index contributed by atoms with van der Waals surface area (Å²) in [7, 11) is 0. The normalized spacial score (nSPS) is 10.2. The Bertz CT molecular complexity index is 647. The van der Waals surface area contributed by atoms with Crippen LogP contribution >= 0.6 is 23.2 Å². The smallest absolute Gasteiger partial charge is 0.227 e. The minimum atomic E-state index is -0.212. The van der Waals surface area contributed by atoms with Crippen molar-refractivity contribution in [3.63, 3.8) is 0 Å². The van der Waals surface area contributed by atoms with Crippen LogP contribution in [0.5, 0.6) is 5.75 Å². The summed E-state index contributed by atoms with van der Waals surface area (Å²) in [5, 5.41) is 3.71. The molecule has 21 heavy (non-hydrogen) atoms. The number of nitrogens with one attached hydrogen (secondary N) is 1. The summed E-state index contributed by atoms with van der Waals surface area (Å²) in [6.07, 6.45) is 0.178. The van der Waals surface area contributed by atoms with Crippen LogP contribution in [0.2, 0.25) is 10.0 Å². The summed E-state index contributed by atoms with van der Waals surface area (Å²) < 4.78 is 5.45. The van der Waals surface area contributed by atoms with Crippen LogP contribution in [0, 0.1) is 0 Å². The van der Waals surface area contributed by atoms with Crippen molar-refractivity contribution in [2.45, 2.75) is 6.42 Å². The summed E-state index contributed by atoms with van der Waals surface area (Å²) in [4.78, 5) is 11.8. The summed E-state index contributed by atoms with van der Waals surface area (Å²) in [6, 6.07) is 12.0. The second kappa shape index (κ2) is 7.20. The number of rotatable bonds is 5. The van der Waals surface area contributed by atoms with Gasteiger partial charge < -0.3 is 15.8 Å². The highest BCUT2D eigenvalue weighted by Crippen LogP contribution is 2.24. The maximum Gasteiger partial charge on any atom is 0.227 e. The molecule has 110 valence electrons. The predicted octanol–water partition coefficient (Wildman–Crippen LogP) is 3.98. The number of benzene rings is 2. The number of halogens is 2. The molecule has 2 aromatic carbocycles. The van der Waals surface area contributed by atoms with Gasteiger partial charge in [0.05, 0.1) is 29.4 Å². The zero-order valence-corrected chi connectivity index (χ0v) is 12.6. The van der Waals surface area contributed by atoms with Crippen molar-refractivity contribution < 1.29 is 9.53 Å². The highest BCUT2D eigenvalue weighted by Gasteiger charge is 2.07. The van der Waals surface area contributed by atoms with Crippen LogP contribution in [0.15, 0.2) is 42.5 Å². The third kappa shape index (κ3) is 4.55. The average Bonchev–Trinajstić information content (AvgIpc) is 2.45. The lowest BCUT2D eigenvalue weighted by atomic mass is 10.2. The van der Waals surface area contributed by atoms with Gasteiger partial charge in [0.1, 0.15) is 5.75 Å². The number of hydrogen-bond acceptors (Lipinski definition) is 3. The van der Waals surface area contributed by atoms with Gasteiger partial charge in [-0.25, -0.2) is 0 Å². The van der Waals surface area contributed by atoms with Gasteiger partial charge in [0.25, 0.3) is 0 Å². The molecule has 0 aliphatic carbocycles. The second-order valence-corrected chi connectivity index (χ2v) is 5.15. The third-order valence-corrected chi connectivity index (χ3v) is 3.26. The van der Waals surface area contributed by atoms with Crippen LogP contribution in [0.1, 0.15) is 6.42 Å². The van der Waals surface area contributed by atoms with E-state index in [-0.39, 0.29) is 18.9 Å². The number of carbonyl (C=O) groups excluding carboxylic acids is 1. The van der Waals surface area contributed by atoms with Crippen molar-refractivity contribution in [1.29, 1.82) is 0 Å². The standard InChI is InChI=1S/C15H14Cl2N2O2/c16-10-5-6-12(18)13(9-10)19-15(20)7-8-21-14-4-2-1-3-11(14)17/h1-6,9H,7-8,18H2,(H,19,20). The van der Waals surface area contributed by atoms with E-state index in [4.69, 9.17) is 33.7 Å². The topological polar surface area (TPSA) is 64.3 Å². The van der Waals surface area contributed by atoms with Gasteiger partial charge in [-0.3, -0.25) is 4.79 Å². The van der Waals surface area contributed by atoms with Gasteiger partial charge in [-0.2, -0.15) is 0 Å². The Hall–Kier alpha value is -1.91. The van der Waals surface area contributed by atoms with Crippen molar-refractivity contribution in [3.8, 4) is 5.75 Å². The zero-order valence-electron chi connectivity index (χ0n) is 11.1. The molecule has 6 heteroatoms. The van der Waals surface area contributed by atoms with Crippen LogP contribution in [0.4, 0.5) is 11.4 Å². The van der Waals surface area contributed by atoms with E-state index in [9.17, 15) is 4.79 Å². The summed E-state index contributed by atoms with van der Waals surface area (Å²) >= 11 is 11.8. The first kappa shape index (κ1) is 15.5. The monoisotopic (exact) mass is 324 g/mol. The summed E-state index contributed by atoms with van der Waals surface area (Å²) in [6.45, 7) is 0.218. The first-order valence-electron chi connectivity index (χ1n) is 6.28. The maximum atomic E-state index is 11.8. The van der Waals surface area contributed by atoms with Crippen molar-refractivity contribution in [2.75, 3.05) is 17.7 Å². The molecule has 0 fully saturated rings. The van der Waals surface area contributed by atoms with E-state index in [1.807, 2.05) is 12.1 Å². The minimum Gasteiger partial charge on any atom is -0.491 e. The Morgan fingerprint density at radius 1 is 1.19 bits per heavy atom. The molecule has 1 amide bonds. The van der Waals surface area contributed by atoms with Gasteiger partial charge in [0.15, 0.2) is 0 Å². The fourth-order valence-electron chi connectivity index (χ4n) is 1.66. The molecule has 2 aromatic rings. The van der Waals surface area contributed by atoms with E-state index in [1.54, 1.807) is 30.3 Å². The number of para-hydroxylation sites is 1. The Kier molecular flexibility index (Phi) is 5.31. The van der Waals surface area contributed by atoms with Crippen LogP contribution in [-0.2, 0) is 4.79 Å². The Labute approximate surface area is 132 Å². The van der Waals surface area contributed by atoms with Gasteiger partial charge in [0, 0.05) is 5.02 Å². The third-order valence-electron chi connectivity index (χ3n) is 2.71. The number of amides is 1. The van der Waals surface area contributed by atoms with Gasteiger partial charge in [-0.15, -0.1) is 0 Å². The molecule has 0 spiro atoms. The van der Waals surface area contributed by atoms with E-state index < -0.39 is 0 Å². The molecule has 0 heterocycles. The van der Waals surface area contributed by atoms with Gasteiger partial charge in [-0.1, -0.05) is 35.3 Å². The molecule has 0 saturated heterocycles. The molecule has 0 aliphatic rings. The summed E-state index contributed by atoms with van der Waals surface area (Å²) in [5.74, 6) is 0.338. The van der Waals surface area contributed by atoms with E-state index >= 15 is 0 Å². The van der Waals surface area contributed by atoms with Crippen LogP contribution in [0.25, 0.3) is 0 Å². The molecule has 0 aromatic heterocycles. The lowest BCUT2D eigenvalue weighted by molar-refractivity contribution is -0.116. The van der Waals surface area contributed by atoms with Gasteiger partial charge in [-0.05, 0) is 30.3 Å². The number of hydrogen-bond donors (Lipinski definition) is 2. The molecule has 0 saturated carbocycles. The zero-order chi connectivity index (χ0) is 15.2. The molecule has 2 rings (SSSR count). The van der Waals surface area contributed by atoms with Crippen LogP contribution in [0.3, 0.4) is 0 Å². The van der Waals surface area contributed by atoms with Gasteiger partial charge in [0.2, 0.25) is 5.91 Å². The van der Waals surface area contributed by atoms with Gasteiger partial charge >= 0.3 is 0 Å². The Morgan fingerprint density at radius 2 is 1.95 bits per heavy atom. The van der Waals surface area contributed by atoms with E-state index in [1.165, 1.54) is 0 Å². The first-order chi connectivity index (χ1) is 10.1. The molecule has 0 atom stereocenters. The van der Waals surface area contributed by atoms with Crippen LogP contribution < -0.4 is 15.8 Å². The van der Waals surface area contributed by atoms with Crippen molar-refractivity contribution in [3.05, 3.63) is 52.5 Å². The lowest BCUT2D eigenvalue weighted by Gasteiger charge is -2.10. The molecule has 0 bridgehead atoms. The number of carbonyl (C=O) groups is 1. The Balaban J connectivity index is 1.85. The second-order valence-electron chi connectivity index (χ2n) is 4.31. The number of anilines is 2. The number of ether oxygens (including phenoxy) is 1. The molecule has 0 radical (unpaired) electrons. The summed E-state index contributed by atoms with van der Waals surface area (Å²) in [5.41, 5.74) is 6.70. The van der Waals surface area contributed by atoms with Crippen molar-refractivity contribution in [2.24, 2.45) is 0 Å². The molecule has 0 unspecified atom stereocenters. The molecule has 3 N–H and O–H groups in total. The minimum absolute atomic E-state index is 0.178. The van der Waals surface area contributed by atoms with Crippen molar-refractivity contribution >= 4 is 40.5 Å². The largest absolute Gasteiger partial charge is 0.491 e. The SMILES string of the molecule is Nc1ccc(Cl)cc1NC(=O)CCOc1ccccc1Cl. The molecular formula is C15H14Cl2N2O2. The highest BCUT2D eigenvalue weighted by molar-refractivity contribution is 6.32. The fraction of sp³-hybridized carbons (Fsp3) is 0.133. The number of nitrogen functional groups attached to an aromatic ring is 1. The molecule has 0 aliphatic heterocycles. The van der Waals surface area contributed by atoms with E-state index in [0.717, 1.165) is 0 Å². The molecule has 4 nitrogen and oxygen atoms in total. The first-order valence-corrected chi connectivity index (χ1v) is 7.04. The average molecular weight is 325 g/mol. The predicted molar refractivity (Wildman–Crippen MR) is 86.1 cm³/mol. The van der Waals surface area contributed by atoms with E-state index in [0.29, 0.717) is 27.2 Å². The molecular weight excluding hydrogens is 311 g/mol. The fourth-order valence-corrected chi connectivity index (χ4v) is 2.03. The Morgan fingerprint density at radius 3 is 2.71 bits per heavy atom. The number of nitrogens with two attached hydrogens (primary N) is 1. The maximum absolute atomic E-state index is 11.8. The highest BCUT2D eigenvalue weighted by atomic mass is 35.5. The van der Waals surface area contributed by atoms with Crippen molar-refractivity contribution in [1.82, 2.24) is 0 Å². The quantitative estimate of drug-likeness (QED) is 0.817. The lowest BCUT2D eigenvalue weighted by Crippen LogP contribution is -2.16.